The van der Waals surface area contributed by atoms with Crippen LogP contribution in [0.25, 0.3) is 0 Å². The van der Waals surface area contributed by atoms with Crippen molar-refractivity contribution in [3.05, 3.63) is 24.2 Å². The number of piperazine rings is 1. The predicted molar refractivity (Wildman–Crippen MR) is 116 cm³/mol. The number of carbonyl (C=O) groups excluding carboxylic acids is 2. The molecule has 2 amide bonds. The van der Waals surface area contributed by atoms with E-state index in [1.54, 1.807) is 36.0 Å². The SMILES string of the molecule is CN=C(NCC(C)CN(C)C(=O)OC(C)(C)C)N1CCN(C(=O)c2ccco2)CC1. The number of furan rings is 1. The van der Waals surface area contributed by atoms with E-state index in [1.807, 2.05) is 20.8 Å². The molecule has 9 heteroatoms. The zero-order chi connectivity index (χ0) is 22.3. The Kier molecular flexibility index (Phi) is 8.14. The van der Waals surface area contributed by atoms with E-state index in [-0.39, 0.29) is 17.9 Å². The third-order valence-electron chi connectivity index (χ3n) is 4.71. The Morgan fingerprint density at radius 3 is 2.43 bits per heavy atom. The number of rotatable bonds is 5. The monoisotopic (exact) mass is 421 g/mol. The lowest BCUT2D eigenvalue weighted by atomic mass is 10.1. The van der Waals surface area contributed by atoms with Gasteiger partial charge >= 0.3 is 6.09 Å². The van der Waals surface area contributed by atoms with E-state index in [4.69, 9.17) is 9.15 Å². The molecule has 2 rings (SSSR count). The highest BCUT2D eigenvalue weighted by Gasteiger charge is 2.25. The Bertz CT molecular complexity index is 718. The van der Waals surface area contributed by atoms with Crippen LogP contribution in [0.2, 0.25) is 0 Å². The minimum Gasteiger partial charge on any atom is -0.459 e. The number of hydrogen-bond acceptors (Lipinski definition) is 5. The van der Waals surface area contributed by atoms with E-state index in [0.29, 0.717) is 45.0 Å². The molecule has 1 aliphatic rings. The quantitative estimate of drug-likeness (QED) is 0.579. The third kappa shape index (κ3) is 6.96. The highest BCUT2D eigenvalue weighted by Crippen LogP contribution is 2.11. The van der Waals surface area contributed by atoms with Gasteiger partial charge in [-0.15, -0.1) is 0 Å². The molecular weight excluding hydrogens is 386 g/mol. The van der Waals surface area contributed by atoms with Crippen LogP contribution in [0.15, 0.2) is 27.8 Å². The first kappa shape index (κ1) is 23.6. The number of nitrogens with one attached hydrogen (secondary N) is 1. The lowest BCUT2D eigenvalue weighted by molar-refractivity contribution is 0.0277. The second-order valence-electron chi connectivity index (χ2n) is 8.65. The van der Waals surface area contributed by atoms with Crippen LogP contribution in [0, 0.1) is 5.92 Å². The van der Waals surface area contributed by atoms with E-state index >= 15 is 0 Å². The summed E-state index contributed by atoms with van der Waals surface area (Å²) in [4.78, 5) is 34.4. The average Bonchev–Trinajstić information content (AvgIpc) is 3.21. The summed E-state index contributed by atoms with van der Waals surface area (Å²) in [6.45, 7) is 11.5. The van der Waals surface area contributed by atoms with Gasteiger partial charge in [-0.2, -0.15) is 0 Å². The maximum atomic E-state index is 12.4. The van der Waals surface area contributed by atoms with Gasteiger partial charge in [0, 0.05) is 53.4 Å². The zero-order valence-corrected chi connectivity index (χ0v) is 19.0. The molecule has 0 bridgehead atoms. The van der Waals surface area contributed by atoms with Crippen molar-refractivity contribution in [3.63, 3.8) is 0 Å². The first-order chi connectivity index (χ1) is 14.1. The van der Waals surface area contributed by atoms with Crippen LogP contribution in [0.3, 0.4) is 0 Å². The van der Waals surface area contributed by atoms with E-state index in [9.17, 15) is 9.59 Å². The molecule has 1 aromatic heterocycles. The number of aliphatic imine (C=N–C) groups is 1. The Hall–Kier alpha value is -2.71. The number of amides is 2. The lowest BCUT2D eigenvalue weighted by Crippen LogP contribution is -2.54. The molecule has 1 saturated heterocycles. The molecule has 0 aromatic carbocycles. The Morgan fingerprint density at radius 1 is 1.27 bits per heavy atom. The summed E-state index contributed by atoms with van der Waals surface area (Å²) in [5.41, 5.74) is -0.505. The summed E-state index contributed by atoms with van der Waals surface area (Å²) in [6.07, 6.45) is 1.19. The molecule has 1 unspecified atom stereocenters. The summed E-state index contributed by atoms with van der Waals surface area (Å²) in [7, 11) is 3.49. The number of hydrogen-bond donors (Lipinski definition) is 1. The minimum absolute atomic E-state index is 0.0820. The van der Waals surface area contributed by atoms with Gasteiger partial charge < -0.3 is 29.2 Å². The molecule has 0 saturated carbocycles. The van der Waals surface area contributed by atoms with Gasteiger partial charge in [-0.3, -0.25) is 9.79 Å². The van der Waals surface area contributed by atoms with Gasteiger partial charge in [-0.1, -0.05) is 6.92 Å². The smallest absolute Gasteiger partial charge is 0.410 e. The molecule has 168 valence electrons. The van der Waals surface area contributed by atoms with Crippen molar-refractivity contribution < 1.29 is 18.7 Å². The van der Waals surface area contributed by atoms with Gasteiger partial charge in [-0.05, 0) is 38.8 Å². The highest BCUT2D eigenvalue weighted by molar-refractivity contribution is 5.91. The molecule has 1 aromatic rings. The predicted octanol–water partition coefficient (Wildman–Crippen LogP) is 2.12. The summed E-state index contributed by atoms with van der Waals surface area (Å²) < 4.78 is 10.6. The molecule has 1 aliphatic heterocycles. The fourth-order valence-electron chi connectivity index (χ4n) is 3.22. The largest absolute Gasteiger partial charge is 0.459 e. The number of nitrogens with zero attached hydrogens (tertiary/aromatic N) is 4. The minimum atomic E-state index is -0.505. The molecule has 1 fully saturated rings. The second-order valence-corrected chi connectivity index (χ2v) is 8.65. The van der Waals surface area contributed by atoms with E-state index in [0.717, 1.165) is 5.96 Å². The van der Waals surface area contributed by atoms with Gasteiger partial charge in [0.2, 0.25) is 0 Å². The van der Waals surface area contributed by atoms with Crippen LogP contribution >= 0.6 is 0 Å². The van der Waals surface area contributed by atoms with Gasteiger partial charge in [0.15, 0.2) is 11.7 Å². The standard InChI is InChI=1S/C21H35N5O4/c1-16(15-24(6)20(28)30-21(2,3)4)14-23-19(22-5)26-11-9-25(10-12-26)18(27)17-8-7-13-29-17/h7-8,13,16H,9-12,14-15H2,1-6H3,(H,22,23). The molecule has 1 N–H and O–H groups in total. The van der Waals surface area contributed by atoms with Crippen LogP contribution in [0.1, 0.15) is 38.2 Å². The van der Waals surface area contributed by atoms with Crippen molar-refractivity contribution in [1.82, 2.24) is 20.0 Å². The number of ether oxygens (including phenoxy) is 1. The van der Waals surface area contributed by atoms with Crippen LogP contribution in [-0.4, -0.2) is 91.6 Å². The van der Waals surface area contributed by atoms with Crippen molar-refractivity contribution in [2.75, 3.05) is 53.4 Å². The summed E-state index contributed by atoms with van der Waals surface area (Å²) >= 11 is 0. The average molecular weight is 422 g/mol. The van der Waals surface area contributed by atoms with Gasteiger partial charge in [0.25, 0.3) is 5.91 Å². The van der Waals surface area contributed by atoms with E-state index in [1.165, 1.54) is 6.26 Å². The third-order valence-corrected chi connectivity index (χ3v) is 4.71. The van der Waals surface area contributed by atoms with Crippen molar-refractivity contribution in [2.24, 2.45) is 10.9 Å². The van der Waals surface area contributed by atoms with Crippen molar-refractivity contribution in [3.8, 4) is 0 Å². The highest BCUT2D eigenvalue weighted by atomic mass is 16.6. The first-order valence-corrected chi connectivity index (χ1v) is 10.3. The molecule has 9 nitrogen and oxygen atoms in total. The van der Waals surface area contributed by atoms with Crippen molar-refractivity contribution >= 4 is 18.0 Å². The fraction of sp³-hybridized carbons (Fsp3) is 0.667. The molecule has 0 radical (unpaired) electrons. The molecule has 30 heavy (non-hydrogen) atoms. The molecule has 2 heterocycles. The van der Waals surface area contributed by atoms with Gasteiger partial charge in [-0.25, -0.2) is 4.79 Å². The molecule has 1 atom stereocenters. The lowest BCUT2D eigenvalue weighted by Gasteiger charge is -2.36. The summed E-state index contributed by atoms with van der Waals surface area (Å²) in [6, 6.07) is 3.40. The normalized spacial score (nSPS) is 16.3. The fourth-order valence-corrected chi connectivity index (χ4v) is 3.22. The van der Waals surface area contributed by atoms with Crippen LogP contribution in [0.4, 0.5) is 4.79 Å². The Balaban J connectivity index is 1.77. The zero-order valence-electron chi connectivity index (χ0n) is 19.0. The van der Waals surface area contributed by atoms with Gasteiger partial charge in [0.1, 0.15) is 5.60 Å². The van der Waals surface area contributed by atoms with Crippen molar-refractivity contribution in [2.45, 2.75) is 33.3 Å². The number of carbonyl (C=O) groups is 2. The second kappa shape index (κ2) is 10.4. The maximum Gasteiger partial charge on any atom is 0.410 e. The van der Waals surface area contributed by atoms with Crippen LogP contribution in [0.5, 0.6) is 0 Å². The van der Waals surface area contributed by atoms with Crippen molar-refractivity contribution in [1.29, 1.82) is 0 Å². The molecular formula is C21H35N5O4. The number of guanidine groups is 1. The topological polar surface area (TPSA) is 90.6 Å². The molecule has 0 aliphatic carbocycles. The Morgan fingerprint density at radius 2 is 1.90 bits per heavy atom. The first-order valence-electron chi connectivity index (χ1n) is 10.3. The van der Waals surface area contributed by atoms with Crippen LogP contribution in [-0.2, 0) is 4.74 Å². The summed E-state index contributed by atoms with van der Waals surface area (Å²) in [5.74, 6) is 1.29. The molecule has 0 spiro atoms. The maximum absolute atomic E-state index is 12.4. The summed E-state index contributed by atoms with van der Waals surface area (Å²) in [5, 5.41) is 3.38. The van der Waals surface area contributed by atoms with Gasteiger partial charge in [0.05, 0.1) is 6.26 Å². The van der Waals surface area contributed by atoms with E-state index < -0.39 is 5.60 Å². The van der Waals surface area contributed by atoms with E-state index in [2.05, 4.69) is 22.1 Å². The Labute approximate surface area is 179 Å². The van der Waals surface area contributed by atoms with Crippen LogP contribution < -0.4 is 5.32 Å².